The third kappa shape index (κ3) is 4.42. The smallest absolute Gasteiger partial charge is 0.221 e. The summed E-state index contributed by atoms with van der Waals surface area (Å²) in [6.45, 7) is 15.7. The first-order valence-corrected chi connectivity index (χ1v) is 15.7. The van der Waals surface area contributed by atoms with E-state index in [2.05, 4.69) is 137 Å². The summed E-state index contributed by atoms with van der Waals surface area (Å²) in [5.74, 6) is 1.30. The second-order valence-electron chi connectivity index (χ2n) is 14.5. The van der Waals surface area contributed by atoms with Gasteiger partial charge in [0.25, 0.3) is 0 Å². The van der Waals surface area contributed by atoms with Crippen LogP contribution < -0.4 is 4.74 Å². The minimum Gasteiger partial charge on any atom is -0.439 e. The molecule has 0 saturated heterocycles. The molecule has 0 amide bonds. The number of ether oxygens (including phenoxy) is 1. The van der Waals surface area contributed by atoms with E-state index in [1.165, 1.54) is 49.1 Å². The van der Waals surface area contributed by atoms with Gasteiger partial charge < -0.3 is 4.74 Å². The highest BCUT2D eigenvalue weighted by Gasteiger charge is 2.21. The van der Waals surface area contributed by atoms with Crippen LogP contribution >= 0.6 is 0 Å². The van der Waals surface area contributed by atoms with Crippen molar-refractivity contribution >= 4 is 48.9 Å². The molecular formula is C41H37N3O. The molecule has 0 radical (unpaired) electrons. The Kier molecular flexibility index (Phi) is 5.83. The quantitative estimate of drug-likeness (QED) is 0.152. The Labute approximate surface area is 263 Å². The molecule has 45 heavy (non-hydrogen) atoms. The molecule has 4 aromatic heterocycles. The van der Waals surface area contributed by atoms with E-state index < -0.39 is 0 Å². The van der Waals surface area contributed by atoms with Crippen molar-refractivity contribution in [3.8, 4) is 22.9 Å². The molecule has 0 aliphatic heterocycles. The SMILES string of the molecule is Cc1cn2c3nc(Oc4cccc(-c5cc(C(C)(C)C)ccn5)c4)cc4c5ccc(C(C)(C)C)cc5cc(c5cccc1c52)c43. The van der Waals surface area contributed by atoms with Crippen LogP contribution in [0.25, 0.3) is 60.1 Å². The number of aromatic nitrogens is 3. The lowest BCUT2D eigenvalue weighted by Gasteiger charge is -2.21. The second-order valence-corrected chi connectivity index (χ2v) is 14.5. The normalized spacial score (nSPS) is 12.8. The van der Waals surface area contributed by atoms with E-state index in [9.17, 15) is 0 Å². The molecule has 0 spiro atoms. The van der Waals surface area contributed by atoms with E-state index in [4.69, 9.17) is 9.72 Å². The molecule has 0 bridgehead atoms. The fourth-order valence-corrected chi connectivity index (χ4v) is 6.78. The summed E-state index contributed by atoms with van der Waals surface area (Å²) < 4.78 is 8.88. The third-order valence-corrected chi connectivity index (χ3v) is 9.27. The Bertz CT molecular complexity index is 2440. The van der Waals surface area contributed by atoms with Gasteiger partial charge in [-0.05, 0) is 86.3 Å². The summed E-state index contributed by atoms with van der Waals surface area (Å²) in [4.78, 5) is 9.89. The fourth-order valence-electron chi connectivity index (χ4n) is 6.78. The van der Waals surface area contributed by atoms with Crippen LogP contribution in [0.3, 0.4) is 0 Å². The number of rotatable bonds is 3. The van der Waals surface area contributed by atoms with Crippen LogP contribution in [0.1, 0.15) is 58.2 Å². The van der Waals surface area contributed by atoms with Gasteiger partial charge in [0.1, 0.15) is 11.4 Å². The van der Waals surface area contributed by atoms with Crippen LogP contribution in [0.5, 0.6) is 11.6 Å². The minimum atomic E-state index is 0.0400. The number of hydrogen-bond acceptors (Lipinski definition) is 3. The molecular weight excluding hydrogens is 550 g/mol. The van der Waals surface area contributed by atoms with Gasteiger partial charge in [-0.15, -0.1) is 0 Å². The van der Waals surface area contributed by atoms with Gasteiger partial charge in [0, 0.05) is 40.2 Å². The second kappa shape index (κ2) is 9.52. The summed E-state index contributed by atoms with van der Waals surface area (Å²) in [5.41, 5.74) is 7.95. The zero-order valence-corrected chi connectivity index (χ0v) is 27.0. The zero-order chi connectivity index (χ0) is 31.2. The largest absolute Gasteiger partial charge is 0.439 e. The number of pyridine rings is 3. The van der Waals surface area contributed by atoms with Gasteiger partial charge in [0.05, 0.1) is 11.2 Å². The Balaban J connectivity index is 1.36. The van der Waals surface area contributed by atoms with Gasteiger partial charge in [-0.25, -0.2) is 0 Å². The molecule has 0 N–H and O–H groups in total. The number of nitrogens with zero attached hydrogens (tertiary/aromatic N) is 3. The van der Waals surface area contributed by atoms with Crippen molar-refractivity contribution in [2.24, 2.45) is 0 Å². The maximum absolute atomic E-state index is 6.62. The molecule has 0 aliphatic rings. The molecule has 4 aromatic carbocycles. The van der Waals surface area contributed by atoms with Crippen molar-refractivity contribution in [3.05, 3.63) is 114 Å². The Morgan fingerprint density at radius 3 is 2.20 bits per heavy atom. The molecule has 4 heteroatoms. The van der Waals surface area contributed by atoms with Crippen molar-refractivity contribution in [3.63, 3.8) is 0 Å². The highest BCUT2D eigenvalue weighted by molar-refractivity contribution is 6.28. The van der Waals surface area contributed by atoms with Crippen molar-refractivity contribution < 1.29 is 4.74 Å². The average molecular weight is 588 g/mol. The first kappa shape index (κ1) is 27.6. The average Bonchev–Trinajstić information content (AvgIpc) is 3.35. The molecule has 0 unspecified atom stereocenters. The van der Waals surface area contributed by atoms with Gasteiger partial charge in [-0.2, -0.15) is 4.98 Å². The molecule has 4 heterocycles. The lowest BCUT2D eigenvalue weighted by atomic mass is 9.85. The monoisotopic (exact) mass is 587 g/mol. The van der Waals surface area contributed by atoms with Crippen LogP contribution in [0.15, 0.2) is 97.3 Å². The van der Waals surface area contributed by atoms with Crippen LogP contribution in [0, 0.1) is 6.92 Å². The summed E-state index contributed by atoms with van der Waals surface area (Å²) in [7, 11) is 0. The highest BCUT2D eigenvalue weighted by Crippen LogP contribution is 2.42. The van der Waals surface area contributed by atoms with Crippen molar-refractivity contribution in [2.45, 2.75) is 59.3 Å². The topological polar surface area (TPSA) is 39.4 Å². The van der Waals surface area contributed by atoms with E-state index in [1.807, 2.05) is 18.3 Å². The first-order valence-electron chi connectivity index (χ1n) is 15.7. The number of benzene rings is 4. The summed E-state index contributed by atoms with van der Waals surface area (Å²) in [6, 6.07) is 30.4. The summed E-state index contributed by atoms with van der Waals surface area (Å²) in [6.07, 6.45) is 4.11. The first-order chi connectivity index (χ1) is 21.5. The minimum absolute atomic E-state index is 0.0400. The maximum atomic E-state index is 6.62. The van der Waals surface area contributed by atoms with E-state index in [-0.39, 0.29) is 10.8 Å². The molecule has 0 atom stereocenters. The van der Waals surface area contributed by atoms with Crippen molar-refractivity contribution in [1.82, 2.24) is 14.4 Å². The molecule has 8 rings (SSSR count). The van der Waals surface area contributed by atoms with Crippen LogP contribution in [-0.2, 0) is 10.8 Å². The molecule has 0 saturated carbocycles. The lowest BCUT2D eigenvalue weighted by molar-refractivity contribution is 0.465. The molecule has 222 valence electrons. The molecule has 4 nitrogen and oxygen atoms in total. The maximum Gasteiger partial charge on any atom is 0.221 e. The number of aryl methyl sites for hydroxylation is 1. The molecule has 0 aliphatic carbocycles. The highest BCUT2D eigenvalue weighted by atomic mass is 16.5. The lowest BCUT2D eigenvalue weighted by Crippen LogP contribution is -2.11. The summed E-state index contributed by atoms with van der Waals surface area (Å²) in [5, 5.41) is 8.45. The molecule has 0 fully saturated rings. The van der Waals surface area contributed by atoms with Crippen LogP contribution in [-0.4, -0.2) is 14.4 Å². The Hall–Kier alpha value is -4.96. The fraction of sp³-hybridized carbons (Fsp3) is 0.220. The van der Waals surface area contributed by atoms with Crippen molar-refractivity contribution in [2.75, 3.05) is 0 Å². The number of fused-ring (bicyclic) bond motifs is 4. The van der Waals surface area contributed by atoms with E-state index in [1.54, 1.807) is 0 Å². The summed E-state index contributed by atoms with van der Waals surface area (Å²) >= 11 is 0. The predicted molar refractivity (Wildman–Crippen MR) is 188 cm³/mol. The standard InChI is InChI=1S/C41H37N3O/c1-24-23-44-38-30(24)12-9-13-32(38)33-20-26-18-27(40(2,3)4)14-15-31(26)34-22-36(43-39(44)37(33)34)45-29-11-8-10-25(19-29)35-21-28(16-17-42-35)41(5,6)7/h8-23H,1-7H3. The van der Waals surface area contributed by atoms with Gasteiger partial charge in [0.15, 0.2) is 0 Å². The van der Waals surface area contributed by atoms with E-state index in [0.29, 0.717) is 5.88 Å². The number of para-hydroxylation sites is 1. The van der Waals surface area contributed by atoms with Crippen LogP contribution in [0.2, 0.25) is 0 Å². The van der Waals surface area contributed by atoms with Gasteiger partial charge in [-0.1, -0.05) is 90.1 Å². The Morgan fingerprint density at radius 2 is 1.40 bits per heavy atom. The zero-order valence-electron chi connectivity index (χ0n) is 27.0. The van der Waals surface area contributed by atoms with E-state index in [0.717, 1.165) is 33.4 Å². The third-order valence-electron chi connectivity index (χ3n) is 9.27. The van der Waals surface area contributed by atoms with E-state index >= 15 is 0 Å². The van der Waals surface area contributed by atoms with Gasteiger partial charge >= 0.3 is 0 Å². The molecule has 8 aromatic rings. The van der Waals surface area contributed by atoms with Crippen LogP contribution in [0.4, 0.5) is 0 Å². The van der Waals surface area contributed by atoms with Gasteiger partial charge in [-0.3, -0.25) is 9.38 Å². The number of hydrogen-bond donors (Lipinski definition) is 0. The predicted octanol–water partition coefficient (Wildman–Crippen LogP) is 11.1. The van der Waals surface area contributed by atoms with Crippen molar-refractivity contribution in [1.29, 1.82) is 0 Å². The Morgan fingerprint density at radius 1 is 0.667 bits per heavy atom. The van der Waals surface area contributed by atoms with Gasteiger partial charge in [0.2, 0.25) is 5.88 Å².